The van der Waals surface area contributed by atoms with Gasteiger partial charge in [0.25, 0.3) is 0 Å². The van der Waals surface area contributed by atoms with Crippen LogP contribution in [0.1, 0.15) is 18.9 Å². The summed E-state index contributed by atoms with van der Waals surface area (Å²) in [5, 5.41) is 8.75. The lowest BCUT2D eigenvalue weighted by Gasteiger charge is -2.11. The van der Waals surface area contributed by atoms with Crippen LogP contribution in [0.25, 0.3) is 0 Å². The van der Waals surface area contributed by atoms with Crippen LogP contribution in [0.3, 0.4) is 0 Å². The number of nitrogens with zero attached hydrogens (tertiary/aromatic N) is 1. The van der Waals surface area contributed by atoms with Gasteiger partial charge in [-0.15, -0.1) is 0 Å². The van der Waals surface area contributed by atoms with E-state index in [2.05, 4.69) is 4.72 Å². The third kappa shape index (κ3) is 4.56. The highest BCUT2D eigenvalue weighted by Crippen LogP contribution is 2.22. The summed E-state index contributed by atoms with van der Waals surface area (Å²) in [5.74, 6) is 0. The van der Waals surface area contributed by atoms with Crippen molar-refractivity contribution in [1.82, 2.24) is 4.72 Å². The van der Waals surface area contributed by atoms with Gasteiger partial charge >= 0.3 is 0 Å². The molecule has 20 heavy (non-hydrogen) atoms. The van der Waals surface area contributed by atoms with Crippen LogP contribution in [0.4, 0.5) is 0 Å². The molecule has 0 fully saturated rings. The van der Waals surface area contributed by atoms with E-state index in [4.69, 9.17) is 16.9 Å². The second-order valence-corrected chi connectivity index (χ2v) is 8.20. The molecule has 5 nitrogen and oxygen atoms in total. The van der Waals surface area contributed by atoms with Gasteiger partial charge in [-0.2, -0.15) is 5.26 Å². The molecule has 0 aliphatic carbocycles. The highest BCUT2D eigenvalue weighted by Gasteiger charge is 2.18. The fraction of sp³-hybridized carbons (Fsp3) is 0.417. The van der Waals surface area contributed by atoms with Gasteiger partial charge in [-0.25, -0.2) is 13.1 Å². The zero-order valence-electron chi connectivity index (χ0n) is 11.1. The predicted molar refractivity (Wildman–Crippen MR) is 79.5 cm³/mol. The molecular weight excluding hydrogens is 320 g/mol. The maximum atomic E-state index is 12.1. The Bertz CT molecular complexity index is 653. The Labute approximate surface area is 126 Å². The molecular formula is C12H15ClN2O3S2. The first-order valence-corrected chi connectivity index (χ1v) is 9.27. The SMILES string of the molecule is CC(CCNS(=O)(=O)c1cc(C#N)ccc1Cl)S(C)=O. The maximum Gasteiger partial charge on any atom is 0.242 e. The van der Waals surface area contributed by atoms with Crippen LogP contribution in [0.2, 0.25) is 5.02 Å². The van der Waals surface area contributed by atoms with E-state index in [0.29, 0.717) is 6.42 Å². The molecule has 0 saturated heterocycles. The van der Waals surface area contributed by atoms with Gasteiger partial charge in [0, 0.05) is 28.9 Å². The average molecular weight is 335 g/mol. The van der Waals surface area contributed by atoms with Crippen LogP contribution >= 0.6 is 11.6 Å². The predicted octanol–water partition coefficient (Wildman–Crippen LogP) is 1.65. The third-order valence-electron chi connectivity index (χ3n) is 2.76. The van der Waals surface area contributed by atoms with Crippen LogP contribution in [0.15, 0.2) is 23.1 Å². The minimum Gasteiger partial charge on any atom is -0.260 e. The summed E-state index contributed by atoms with van der Waals surface area (Å²) in [4.78, 5) is -0.122. The second-order valence-electron chi connectivity index (χ2n) is 4.25. The largest absolute Gasteiger partial charge is 0.260 e. The minimum absolute atomic E-state index is 0.0589. The van der Waals surface area contributed by atoms with E-state index in [0.717, 1.165) is 0 Å². The Morgan fingerprint density at radius 3 is 2.70 bits per heavy atom. The lowest BCUT2D eigenvalue weighted by Crippen LogP contribution is -2.28. The molecule has 0 spiro atoms. The molecule has 0 amide bonds. The smallest absolute Gasteiger partial charge is 0.242 e. The van der Waals surface area contributed by atoms with Crippen LogP contribution < -0.4 is 4.72 Å². The van der Waals surface area contributed by atoms with E-state index in [-0.39, 0.29) is 27.3 Å². The maximum absolute atomic E-state index is 12.1. The topological polar surface area (TPSA) is 87.0 Å². The molecule has 0 aliphatic heterocycles. The van der Waals surface area contributed by atoms with Crippen molar-refractivity contribution in [2.75, 3.05) is 12.8 Å². The molecule has 0 aromatic heterocycles. The Balaban J connectivity index is 2.85. The number of sulfonamides is 1. The van der Waals surface area contributed by atoms with Gasteiger partial charge in [0.15, 0.2) is 0 Å². The average Bonchev–Trinajstić information content (AvgIpc) is 2.38. The van der Waals surface area contributed by atoms with Crippen molar-refractivity contribution in [1.29, 1.82) is 5.26 Å². The van der Waals surface area contributed by atoms with Crippen LogP contribution in [0, 0.1) is 11.3 Å². The fourth-order valence-corrected chi connectivity index (χ4v) is 3.44. The summed E-state index contributed by atoms with van der Waals surface area (Å²) < 4.78 is 37.8. The molecule has 1 N–H and O–H groups in total. The highest BCUT2D eigenvalue weighted by atomic mass is 35.5. The lowest BCUT2D eigenvalue weighted by atomic mass is 10.2. The van der Waals surface area contributed by atoms with Crippen LogP contribution in [-0.4, -0.2) is 30.7 Å². The summed E-state index contributed by atoms with van der Waals surface area (Å²) in [7, 11) is -4.77. The quantitative estimate of drug-likeness (QED) is 0.856. The van der Waals surface area contributed by atoms with E-state index in [1.54, 1.807) is 13.2 Å². The van der Waals surface area contributed by atoms with E-state index >= 15 is 0 Å². The molecule has 0 bridgehead atoms. The van der Waals surface area contributed by atoms with Gasteiger partial charge in [0.2, 0.25) is 10.0 Å². The summed E-state index contributed by atoms with van der Waals surface area (Å²) >= 11 is 5.85. The van der Waals surface area contributed by atoms with E-state index < -0.39 is 20.8 Å². The van der Waals surface area contributed by atoms with Crippen molar-refractivity contribution >= 4 is 32.4 Å². The molecule has 0 saturated carbocycles. The second kappa shape index (κ2) is 7.18. The van der Waals surface area contributed by atoms with Gasteiger partial charge in [-0.3, -0.25) is 4.21 Å². The van der Waals surface area contributed by atoms with Gasteiger partial charge in [-0.05, 0) is 24.6 Å². The Morgan fingerprint density at radius 2 is 2.15 bits per heavy atom. The highest BCUT2D eigenvalue weighted by molar-refractivity contribution is 7.89. The molecule has 1 aromatic carbocycles. The molecule has 1 rings (SSSR count). The molecule has 2 atom stereocenters. The standard InChI is InChI=1S/C12H15ClN2O3S2/c1-9(19(2)16)5-6-15-20(17,18)12-7-10(8-14)3-4-11(12)13/h3-4,7,9,15H,5-6H2,1-2H3. The molecule has 110 valence electrons. The number of rotatable bonds is 6. The van der Waals surface area contributed by atoms with Crippen molar-refractivity contribution in [2.24, 2.45) is 0 Å². The fourth-order valence-electron chi connectivity index (χ4n) is 1.42. The van der Waals surface area contributed by atoms with Crippen molar-refractivity contribution in [3.63, 3.8) is 0 Å². The summed E-state index contributed by atoms with van der Waals surface area (Å²) in [6, 6.07) is 5.91. The first kappa shape index (κ1) is 17.1. The molecule has 0 aliphatic rings. The number of benzene rings is 1. The van der Waals surface area contributed by atoms with E-state index in [1.807, 2.05) is 6.07 Å². The molecule has 0 heterocycles. The third-order valence-corrected chi connectivity index (χ3v) is 6.07. The monoisotopic (exact) mass is 334 g/mol. The van der Waals surface area contributed by atoms with Crippen LogP contribution in [0.5, 0.6) is 0 Å². The molecule has 1 aromatic rings. The lowest BCUT2D eigenvalue weighted by molar-refractivity contribution is 0.578. The van der Waals surface area contributed by atoms with Crippen molar-refractivity contribution in [3.8, 4) is 6.07 Å². The number of halogens is 1. The van der Waals surface area contributed by atoms with Crippen LogP contribution in [-0.2, 0) is 20.8 Å². The number of hydrogen-bond donors (Lipinski definition) is 1. The van der Waals surface area contributed by atoms with Crippen molar-refractivity contribution in [3.05, 3.63) is 28.8 Å². The minimum atomic E-state index is -3.78. The molecule has 2 unspecified atom stereocenters. The first-order chi connectivity index (χ1) is 9.27. The first-order valence-electron chi connectivity index (χ1n) is 5.79. The van der Waals surface area contributed by atoms with Gasteiger partial charge in [0.1, 0.15) is 4.90 Å². The van der Waals surface area contributed by atoms with E-state index in [1.165, 1.54) is 18.2 Å². The Kier molecular flexibility index (Phi) is 6.14. The summed E-state index contributed by atoms with van der Waals surface area (Å²) in [6.07, 6.45) is 2.03. The van der Waals surface area contributed by atoms with Gasteiger partial charge < -0.3 is 0 Å². The molecule has 0 radical (unpaired) electrons. The zero-order chi connectivity index (χ0) is 15.3. The summed E-state index contributed by atoms with van der Waals surface area (Å²) in [5.41, 5.74) is 0.220. The van der Waals surface area contributed by atoms with E-state index in [9.17, 15) is 12.6 Å². The van der Waals surface area contributed by atoms with Crippen molar-refractivity contribution < 1.29 is 12.6 Å². The number of hydrogen-bond acceptors (Lipinski definition) is 4. The molecule has 8 heteroatoms. The van der Waals surface area contributed by atoms with Crippen molar-refractivity contribution in [2.45, 2.75) is 23.5 Å². The zero-order valence-corrected chi connectivity index (χ0v) is 13.5. The Morgan fingerprint density at radius 1 is 1.50 bits per heavy atom. The summed E-state index contributed by atoms with van der Waals surface area (Å²) in [6.45, 7) is 1.95. The Hall–Kier alpha value is -0.940. The number of nitrogens with one attached hydrogen (secondary N) is 1. The number of nitriles is 1. The van der Waals surface area contributed by atoms with Gasteiger partial charge in [-0.1, -0.05) is 18.5 Å². The van der Waals surface area contributed by atoms with Gasteiger partial charge in [0.05, 0.1) is 16.7 Å². The normalized spacial score (nSPS) is 14.5.